The summed E-state index contributed by atoms with van der Waals surface area (Å²) in [6, 6.07) is 7.00. The van der Waals surface area contributed by atoms with Crippen molar-refractivity contribution in [2.24, 2.45) is 56.7 Å². The smallest absolute Gasteiger partial charge is 0.338 e. The van der Waals surface area contributed by atoms with E-state index in [2.05, 4.69) is 58.1 Å². The lowest BCUT2D eigenvalue weighted by Crippen LogP contribution is -2.67. The van der Waals surface area contributed by atoms with Gasteiger partial charge in [0.25, 0.3) is 0 Å². The molecule has 5 aliphatic rings. The standard InChI is InChI=1S/C42H56N2O4/c1-27(2)30-10-19-42(26-47-36(45)28-13-22-43-23-14-28)21-20-40(6)31(35(30)42)8-9-33-39(5)17-12-34(48-37(46)29-15-24-44-25-16-29)38(3,4)32(39)11-18-41(33,40)7/h13-16,22-25,30-35H,1,8-12,17-21,26H2,2-7H3/t30-,31+,32-,33+,34-,35+,39-,40+,41+,42+/m0/s1. The number of aromatic nitrogens is 2. The Morgan fingerprint density at radius 3 is 2.04 bits per heavy atom. The molecule has 2 aromatic heterocycles. The lowest BCUT2D eigenvalue weighted by Gasteiger charge is -2.73. The Hall–Kier alpha value is -3.02. The number of pyridine rings is 2. The Bertz CT molecular complexity index is 1560. The topological polar surface area (TPSA) is 78.4 Å². The highest BCUT2D eigenvalue weighted by molar-refractivity contribution is 5.89. The Balaban J connectivity index is 1.14. The van der Waals surface area contributed by atoms with Gasteiger partial charge in [0.05, 0.1) is 17.7 Å². The van der Waals surface area contributed by atoms with Crippen LogP contribution in [-0.2, 0) is 9.47 Å². The van der Waals surface area contributed by atoms with Crippen LogP contribution in [-0.4, -0.2) is 34.6 Å². The molecule has 0 N–H and O–H groups in total. The number of hydrogen-bond donors (Lipinski definition) is 0. The molecule has 0 spiro atoms. The van der Waals surface area contributed by atoms with E-state index in [1.165, 1.54) is 37.7 Å². The van der Waals surface area contributed by atoms with Crippen LogP contribution in [0.25, 0.3) is 0 Å². The van der Waals surface area contributed by atoms with E-state index in [1.807, 2.05) is 0 Å². The van der Waals surface area contributed by atoms with Gasteiger partial charge < -0.3 is 9.47 Å². The second kappa shape index (κ2) is 11.8. The molecule has 10 atom stereocenters. The van der Waals surface area contributed by atoms with Gasteiger partial charge in [0.2, 0.25) is 0 Å². The first-order valence-corrected chi connectivity index (χ1v) is 18.6. The minimum atomic E-state index is -0.232. The van der Waals surface area contributed by atoms with Crippen molar-refractivity contribution in [1.29, 1.82) is 0 Å². The first-order valence-electron chi connectivity index (χ1n) is 18.6. The van der Waals surface area contributed by atoms with Crippen LogP contribution >= 0.6 is 0 Å². The van der Waals surface area contributed by atoms with Crippen LogP contribution in [0, 0.1) is 56.7 Å². The molecule has 0 radical (unpaired) electrons. The van der Waals surface area contributed by atoms with Crippen molar-refractivity contribution in [3.8, 4) is 0 Å². The predicted molar refractivity (Wildman–Crippen MR) is 187 cm³/mol. The van der Waals surface area contributed by atoms with Gasteiger partial charge in [0.1, 0.15) is 6.10 Å². The summed E-state index contributed by atoms with van der Waals surface area (Å²) in [5.74, 6) is 2.22. The van der Waals surface area contributed by atoms with Gasteiger partial charge in [-0.05, 0) is 141 Å². The third-order valence-corrected chi connectivity index (χ3v) is 15.8. The molecule has 48 heavy (non-hydrogen) atoms. The third-order valence-electron chi connectivity index (χ3n) is 15.8. The average Bonchev–Trinajstić information content (AvgIpc) is 3.46. The second-order valence-corrected chi connectivity index (χ2v) is 17.9. The number of nitrogens with zero attached hydrogens (tertiary/aromatic N) is 2. The zero-order valence-corrected chi connectivity index (χ0v) is 30.1. The van der Waals surface area contributed by atoms with Crippen LogP contribution in [0.15, 0.2) is 61.2 Å². The molecular weight excluding hydrogens is 596 g/mol. The monoisotopic (exact) mass is 652 g/mol. The summed E-state index contributed by atoms with van der Waals surface area (Å²) in [4.78, 5) is 34.5. The van der Waals surface area contributed by atoms with E-state index < -0.39 is 0 Å². The molecule has 258 valence electrons. The van der Waals surface area contributed by atoms with E-state index in [0.717, 1.165) is 32.1 Å². The molecule has 0 saturated heterocycles. The zero-order valence-electron chi connectivity index (χ0n) is 30.1. The van der Waals surface area contributed by atoms with Gasteiger partial charge in [-0.3, -0.25) is 9.97 Å². The van der Waals surface area contributed by atoms with Crippen molar-refractivity contribution >= 4 is 11.9 Å². The second-order valence-electron chi connectivity index (χ2n) is 17.9. The summed E-state index contributed by atoms with van der Waals surface area (Å²) in [5.41, 5.74) is 3.00. The zero-order chi connectivity index (χ0) is 34.1. The number of fused-ring (bicyclic) bond motifs is 7. The van der Waals surface area contributed by atoms with Gasteiger partial charge >= 0.3 is 11.9 Å². The summed E-state index contributed by atoms with van der Waals surface area (Å²) in [5, 5.41) is 0. The Labute approximate surface area is 287 Å². The van der Waals surface area contributed by atoms with Gasteiger partial charge in [0.15, 0.2) is 0 Å². The van der Waals surface area contributed by atoms with Crippen LogP contribution in [0.2, 0.25) is 0 Å². The van der Waals surface area contributed by atoms with Crippen LogP contribution in [0.1, 0.15) is 126 Å². The van der Waals surface area contributed by atoms with Gasteiger partial charge in [-0.15, -0.1) is 0 Å². The highest BCUT2D eigenvalue weighted by atomic mass is 16.5. The fraction of sp³-hybridized carbons (Fsp3) is 0.667. The normalized spacial score (nSPS) is 41.1. The quantitative estimate of drug-likeness (QED) is 0.229. The van der Waals surface area contributed by atoms with Crippen LogP contribution in [0.3, 0.4) is 0 Å². The maximum absolute atomic E-state index is 13.2. The molecular formula is C42H56N2O4. The number of rotatable bonds is 6. The number of allylic oxidation sites excluding steroid dienone is 1. The van der Waals surface area contributed by atoms with E-state index in [9.17, 15) is 9.59 Å². The van der Waals surface area contributed by atoms with Gasteiger partial charge in [-0.25, -0.2) is 9.59 Å². The summed E-state index contributed by atoms with van der Waals surface area (Å²) >= 11 is 0. The van der Waals surface area contributed by atoms with Crippen molar-refractivity contribution in [1.82, 2.24) is 9.97 Å². The van der Waals surface area contributed by atoms with Crippen LogP contribution in [0.4, 0.5) is 0 Å². The number of hydrogen-bond acceptors (Lipinski definition) is 6. The highest BCUT2D eigenvalue weighted by Gasteiger charge is 2.71. The number of carbonyl (C=O) groups is 2. The Morgan fingerprint density at radius 2 is 1.40 bits per heavy atom. The van der Waals surface area contributed by atoms with Crippen LogP contribution in [0.5, 0.6) is 0 Å². The summed E-state index contributed by atoms with van der Waals surface area (Å²) in [6.07, 6.45) is 18.0. The summed E-state index contributed by atoms with van der Waals surface area (Å²) in [7, 11) is 0. The largest absolute Gasteiger partial charge is 0.461 e. The van der Waals surface area contributed by atoms with Crippen molar-refractivity contribution in [2.75, 3.05) is 6.61 Å². The minimum absolute atomic E-state index is 0.0134. The van der Waals surface area contributed by atoms with Gasteiger partial charge in [-0.2, -0.15) is 0 Å². The molecule has 0 bridgehead atoms. The molecule has 5 aliphatic carbocycles. The first kappa shape index (κ1) is 33.5. The molecule has 5 saturated carbocycles. The van der Waals surface area contributed by atoms with E-state index in [0.29, 0.717) is 47.3 Å². The molecule has 0 aliphatic heterocycles. The lowest BCUT2D eigenvalue weighted by atomic mass is 9.32. The average molecular weight is 653 g/mol. The SMILES string of the molecule is C=C(C)[C@@H]1CC[C@]2(COC(=O)c3ccncc3)CC[C@]3(C)[C@H](CC[C@@H]4[C@@]5(C)CC[C@H](OC(=O)c6ccncc6)C(C)(C)[C@@H]5CC[C@]43C)[C@@H]12. The fourth-order valence-electron chi connectivity index (χ4n) is 13.2. The Morgan fingerprint density at radius 1 is 0.750 bits per heavy atom. The molecule has 6 nitrogen and oxygen atoms in total. The molecule has 7 rings (SSSR count). The first-order chi connectivity index (χ1) is 22.8. The lowest BCUT2D eigenvalue weighted by molar-refractivity contribution is -0.249. The minimum Gasteiger partial charge on any atom is -0.461 e. The summed E-state index contributed by atoms with van der Waals surface area (Å²) in [6.45, 7) is 19.9. The predicted octanol–water partition coefficient (Wildman–Crippen LogP) is 9.52. The molecule has 2 heterocycles. The van der Waals surface area contributed by atoms with Crippen molar-refractivity contribution in [3.05, 3.63) is 72.3 Å². The van der Waals surface area contributed by atoms with Crippen molar-refractivity contribution in [3.63, 3.8) is 0 Å². The maximum atomic E-state index is 13.2. The Kier molecular flexibility index (Phi) is 8.23. The number of esters is 2. The fourth-order valence-corrected chi connectivity index (χ4v) is 13.2. The van der Waals surface area contributed by atoms with Gasteiger partial charge in [0, 0.05) is 35.6 Å². The van der Waals surface area contributed by atoms with Crippen molar-refractivity contribution in [2.45, 2.75) is 112 Å². The maximum Gasteiger partial charge on any atom is 0.338 e. The number of carbonyl (C=O) groups excluding carboxylic acids is 2. The molecule has 0 aromatic carbocycles. The van der Waals surface area contributed by atoms with Gasteiger partial charge in [-0.1, -0.05) is 46.8 Å². The van der Waals surface area contributed by atoms with E-state index in [1.54, 1.807) is 49.1 Å². The van der Waals surface area contributed by atoms with Crippen molar-refractivity contribution < 1.29 is 19.1 Å². The highest BCUT2D eigenvalue weighted by Crippen LogP contribution is 2.77. The van der Waals surface area contributed by atoms with E-state index in [-0.39, 0.29) is 45.1 Å². The molecule has 5 fully saturated rings. The molecule has 0 amide bonds. The molecule has 0 unspecified atom stereocenters. The van der Waals surface area contributed by atoms with E-state index in [4.69, 9.17) is 9.47 Å². The third kappa shape index (κ3) is 4.93. The van der Waals surface area contributed by atoms with E-state index >= 15 is 0 Å². The van der Waals surface area contributed by atoms with Crippen LogP contribution < -0.4 is 0 Å². The summed E-state index contributed by atoms with van der Waals surface area (Å²) < 4.78 is 12.5. The molecule has 2 aromatic rings. The number of ether oxygens (including phenoxy) is 2. The molecule has 6 heteroatoms.